The van der Waals surface area contributed by atoms with Crippen LogP contribution in [0.4, 0.5) is 0 Å². The number of halogens is 1. The zero-order valence-corrected chi connectivity index (χ0v) is 9.43. The molecule has 0 atom stereocenters. The van der Waals surface area contributed by atoms with Crippen molar-refractivity contribution in [2.75, 3.05) is 0 Å². The minimum atomic E-state index is 0.150. The average molecular weight is 267 g/mol. The Morgan fingerprint density at radius 3 is 2.47 bits per heavy atom. The normalized spacial score (nSPS) is 10.3. The van der Waals surface area contributed by atoms with Gasteiger partial charge in [-0.3, -0.25) is 0 Å². The maximum absolute atomic E-state index is 9.34. The van der Waals surface area contributed by atoms with Gasteiger partial charge in [0.25, 0.3) is 0 Å². The number of phenolic OH excluding ortho intramolecular Hbond substituents is 1. The van der Waals surface area contributed by atoms with Gasteiger partial charge in [-0.05, 0) is 25.1 Å². The molecule has 0 spiro atoms. The zero-order valence-electron chi connectivity index (χ0n) is 7.85. The molecule has 0 radical (unpaired) electrons. The van der Waals surface area contributed by atoms with Crippen LogP contribution in [0.2, 0.25) is 0 Å². The van der Waals surface area contributed by atoms with Gasteiger partial charge in [0.05, 0.1) is 0 Å². The van der Waals surface area contributed by atoms with Gasteiger partial charge in [0.2, 0.25) is 5.82 Å². The van der Waals surface area contributed by atoms with Gasteiger partial charge in [-0.2, -0.15) is 0 Å². The zero-order chi connectivity index (χ0) is 10.8. The van der Waals surface area contributed by atoms with Crippen LogP contribution in [0.25, 0.3) is 11.4 Å². The van der Waals surface area contributed by atoms with Crippen LogP contribution in [-0.2, 0) is 0 Å². The van der Waals surface area contributed by atoms with E-state index >= 15 is 0 Å². The Morgan fingerprint density at radius 1 is 1.13 bits per heavy atom. The largest absolute Gasteiger partial charge is 0.508 e. The first-order valence-electron chi connectivity index (χ1n) is 4.20. The minimum Gasteiger partial charge on any atom is -0.508 e. The Labute approximate surface area is 94.3 Å². The predicted octanol–water partition coefficient (Wildman–Crippen LogP) is 1.71. The SMILES string of the molecule is Cc1nnc(-c2cc(O)ccc2Br)nn1. The first-order chi connectivity index (χ1) is 7.16. The number of aromatic nitrogens is 4. The van der Waals surface area contributed by atoms with Crippen LogP contribution in [-0.4, -0.2) is 25.5 Å². The fraction of sp³-hybridized carbons (Fsp3) is 0.111. The second kappa shape index (κ2) is 3.90. The van der Waals surface area contributed by atoms with E-state index in [0.717, 1.165) is 4.47 Å². The van der Waals surface area contributed by atoms with Crippen LogP contribution in [0.5, 0.6) is 5.75 Å². The molecule has 6 heteroatoms. The first-order valence-corrected chi connectivity index (χ1v) is 4.99. The van der Waals surface area contributed by atoms with Crippen molar-refractivity contribution in [3.63, 3.8) is 0 Å². The van der Waals surface area contributed by atoms with Crippen molar-refractivity contribution in [2.45, 2.75) is 6.92 Å². The lowest BCUT2D eigenvalue weighted by molar-refractivity contribution is 0.475. The van der Waals surface area contributed by atoms with Gasteiger partial charge in [-0.15, -0.1) is 20.4 Å². The molecular formula is C9H7BrN4O. The summed E-state index contributed by atoms with van der Waals surface area (Å²) in [7, 11) is 0. The number of phenols is 1. The quantitative estimate of drug-likeness (QED) is 0.851. The molecule has 2 aromatic rings. The van der Waals surface area contributed by atoms with Gasteiger partial charge in [-0.25, -0.2) is 0 Å². The number of aromatic hydroxyl groups is 1. The van der Waals surface area contributed by atoms with Crippen molar-refractivity contribution in [3.8, 4) is 17.1 Å². The molecule has 5 nitrogen and oxygen atoms in total. The number of hydrogen-bond donors (Lipinski definition) is 1. The predicted molar refractivity (Wildman–Crippen MR) is 57.2 cm³/mol. The monoisotopic (exact) mass is 266 g/mol. The summed E-state index contributed by atoms with van der Waals surface area (Å²) >= 11 is 3.34. The van der Waals surface area contributed by atoms with Crippen LogP contribution in [0.15, 0.2) is 22.7 Å². The Hall–Kier alpha value is -1.56. The highest BCUT2D eigenvalue weighted by molar-refractivity contribution is 9.10. The molecule has 0 aliphatic heterocycles. The summed E-state index contributed by atoms with van der Waals surface area (Å²) in [5.41, 5.74) is 0.662. The topological polar surface area (TPSA) is 71.8 Å². The number of hydrogen-bond acceptors (Lipinski definition) is 5. The first kappa shape index (κ1) is 9.97. The molecule has 0 unspecified atom stereocenters. The number of benzene rings is 1. The van der Waals surface area contributed by atoms with E-state index in [4.69, 9.17) is 0 Å². The van der Waals surface area contributed by atoms with E-state index in [0.29, 0.717) is 17.2 Å². The lowest BCUT2D eigenvalue weighted by Gasteiger charge is -2.01. The maximum atomic E-state index is 9.34. The molecule has 1 heterocycles. The Balaban J connectivity index is 2.53. The van der Waals surface area contributed by atoms with Gasteiger partial charge >= 0.3 is 0 Å². The van der Waals surface area contributed by atoms with E-state index in [9.17, 15) is 5.11 Å². The summed E-state index contributed by atoms with van der Waals surface area (Å²) < 4.78 is 0.785. The fourth-order valence-corrected chi connectivity index (χ4v) is 1.50. The summed E-state index contributed by atoms with van der Waals surface area (Å²) in [6.45, 7) is 1.71. The molecule has 1 aromatic heterocycles. The molecule has 15 heavy (non-hydrogen) atoms. The molecular weight excluding hydrogens is 260 g/mol. The van der Waals surface area contributed by atoms with Crippen molar-refractivity contribution >= 4 is 15.9 Å². The number of rotatable bonds is 1. The molecule has 76 valence electrons. The lowest BCUT2D eigenvalue weighted by Crippen LogP contribution is -1.98. The summed E-state index contributed by atoms with van der Waals surface area (Å²) in [6.07, 6.45) is 0. The standard InChI is InChI=1S/C9H7BrN4O/c1-5-11-13-9(14-12-5)7-4-6(15)2-3-8(7)10/h2-4,15H,1H3. The van der Waals surface area contributed by atoms with E-state index in [1.165, 1.54) is 0 Å². The third kappa shape index (κ3) is 2.10. The molecule has 0 aliphatic rings. The molecule has 0 aliphatic carbocycles. The van der Waals surface area contributed by atoms with Crippen molar-refractivity contribution in [2.24, 2.45) is 0 Å². The number of nitrogens with zero attached hydrogens (tertiary/aromatic N) is 4. The van der Waals surface area contributed by atoms with Gasteiger partial charge in [0.15, 0.2) is 5.82 Å². The molecule has 0 saturated heterocycles. The van der Waals surface area contributed by atoms with Crippen LogP contribution >= 0.6 is 15.9 Å². The average Bonchev–Trinajstić information content (AvgIpc) is 2.23. The highest BCUT2D eigenvalue weighted by atomic mass is 79.9. The van der Waals surface area contributed by atoms with E-state index in [2.05, 4.69) is 36.3 Å². The minimum absolute atomic E-state index is 0.150. The molecule has 0 bridgehead atoms. The van der Waals surface area contributed by atoms with Crippen molar-refractivity contribution in [1.82, 2.24) is 20.4 Å². The van der Waals surface area contributed by atoms with Gasteiger partial charge in [0.1, 0.15) is 5.75 Å². The molecule has 0 amide bonds. The summed E-state index contributed by atoms with van der Waals surface area (Å²) in [5.74, 6) is 1.04. The molecule has 0 saturated carbocycles. The van der Waals surface area contributed by atoms with Crippen LogP contribution in [0.1, 0.15) is 5.82 Å². The van der Waals surface area contributed by atoms with Crippen molar-refractivity contribution in [1.29, 1.82) is 0 Å². The molecule has 1 N–H and O–H groups in total. The summed E-state index contributed by atoms with van der Waals surface area (Å²) in [4.78, 5) is 0. The van der Waals surface area contributed by atoms with E-state index in [1.54, 1.807) is 25.1 Å². The fourth-order valence-electron chi connectivity index (χ4n) is 1.07. The van der Waals surface area contributed by atoms with Crippen molar-refractivity contribution in [3.05, 3.63) is 28.5 Å². The highest BCUT2D eigenvalue weighted by Gasteiger charge is 2.08. The van der Waals surface area contributed by atoms with Gasteiger partial charge in [0, 0.05) is 10.0 Å². The number of aryl methyl sites for hydroxylation is 1. The highest BCUT2D eigenvalue weighted by Crippen LogP contribution is 2.28. The van der Waals surface area contributed by atoms with Crippen LogP contribution in [0, 0.1) is 6.92 Å². The second-order valence-corrected chi connectivity index (χ2v) is 3.79. The second-order valence-electron chi connectivity index (χ2n) is 2.93. The third-order valence-corrected chi connectivity index (χ3v) is 2.46. The Kier molecular flexibility index (Phi) is 2.59. The summed E-state index contributed by atoms with van der Waals surface area (Å²) in [5, 5.41) is 24.7. The van der Waals surface area contributed by atoms with Gasteiger partial charge in [-0.1, -0.05) is 15.9 Å². The molecule has 0 fully saturated rings. The Morgan fingerprint density at radius 2 is 1.80 bits per heavy atom. The Bertz CT molecular complexity index is 486. The third-order valence-electron chi connectivity index (χ3n) is 1.77. The van der Waals surface area contributed by atoms with E-state index < -0.39 is 0 Å². The summed E-state index contributed by atoms with van der Waals surface area (Å²) in [6, 6.07) is 4.84. The van der Waals surface area contributed by atoms with Crippen molar-refractivity contribution < 1.29 is 5.11 Å². The van der Waals surface area contributed by atoms with Crippen LogP contribution in [0.3, 0.4) is 0 Å². The van der Waals surface area contributed by atoms with E-state index in [-0.39, 0.29) is 5.75 Å². The van der Waals surface area contributed by atoms with E-state index in [1.807, 2.05) is 0 Å². The maximum Gasteiger partial charge on any atom is 0.204 e. The molecule has 2 rings (SSSR count). The molecule has 1 aromatic carbocycles. The van der Waals surface area contributed by atoms with Crippen LogP contribution < -0.4 is 0 Å². The lowest BCUT2D eigenvalue weighted by atomic mass is 10.2. The smallest absolute Gasteiger partial charge is 0.204 e. The van der Waals surface area contributed by atoms with Gasteiger partial charge < -0.3 is 5.11 Å².